The zero-order chi connectivity index (χ0) is 13.9. The van der Waals surface area contributed by atoms with Crippen molar-refractivity contribution in [1.82, 2.24) is 4.98 Å². The van der Waals surface area contributed by atoms with Crippen molar-refractivity contribution in [2.75, 3.05) is 23.7 Å². The Labute approximate surface area is 120 Å². The van der Waals surface area contributed by atoms with Crippen molar-refractivity contribution >= 4 is 22.1 Å². The van der Waals surface area contributed by atoms with Crippen molar-refractivity contribution in [2.45, 2.75) is 39.0 Å². The molecule has 0 unspecified atom stereocenters. The van der Waals surface area contributed by atoms with Crippen molar-refractivity contribution < 1.29 is 0 Å². The summed E-state index contributed by atoms with van der Waals surface area (Å²) in [5, 5.41) is 2.33. The summed E-state index contributed by atoms with van der Waals surface area (Å²) < 4.78 is 0. The van der Waals surface area contributed by atoms with Gasteiger partial charge in [0.05, 0.1) is 0 Å². The SMILES string of the molecule is Cc1cc2c(N3CCCCCCC3)ccc(N)c2cn1. The predicted octanol–water partition coefficient (Wildman–Crippen LogP) is 3.90. The smallest absolute Gasteiger partial charge is 0.0448 e. The number of aryl methyl sites for hydroxylation is 1. The molecule has 106 valence electrons. The minimum Gasteiger partial charge on any atom is -0.398 e. The quantitative estimate of drug-likeness (QED) is 0.798. The molecule has 1 aromatic carbocycles. The molecule has 2 aromatic rings. The van der Waals surface area contributed by atoms with E-state index in [0.29, 0.717) is 0 Å². The first-order chi connectivity index (χ1) is 9.75. The zero-order valence-corrected chi connectivity index (χ0v) is 12.2. The summed E-state index contributed by atoms with van der Waals surface area (Å²) in [5.41, 5.74) is 9.30. The summed E-state index contributed by atoms with van der Waals surface area (Å²) in [6.07, 6.45) is 8.58. The molecule has 1 fully saturated rings. The van der Waals surface area contributed by atoms with Crippen molar-refractivity contribution in [3.63, 3.8) is 0 Å². The topological polar surface area (TPSA) is 42.1 Å². The van der Waals surface area contributed by atoms with Gasteiger partial charge in [0.25, 0.3) is 0 Å². The van der Waals surface area contributed by atoms with Crippen molar-refractivity contribution in [3.8, 4) is 0 Å². The molecule has 0 bridgehead atoms. The van der Waals surface area contributed by atoms with Crippen LogP contribution in [0.4, 0.5) is 11.4 Å². The van der Waals surface area contributed by atoms with Gasteiger partial charge >= 0.3 is 0 Å². The van der Waals surface area contributed by atoms with Crippen LogP contribution in [0.15, 0.2) is 24.4 Å². The van der Waals surface area contributed by atoms with Crippen molar-refractivity contribution in [2.24, 2.45) is 0 Å². The van der Waals surface area contributed by atoms with Gasteiger partial charge in [0, 0.05) is 47.1 Å². The first kappa shape index (κ1) is 13.2. The summed E-state index contributed by atoms with van der Waals surface area (Å²) in [7, 11) is 0. The van der Waals surface area contributed by atoms with E-state index in [-0.39, 0.29) is 0 Å². The molecule has 0 aliphatic carbocycles. The number of anilines is 2. The average molecular weight is 269 g/mol. The van der Waals surface area contributed by atoms with Gasteiger partial charge in [-0.2, -0.15) is 0 Å². The third-order valence-corrected chi connectivity index (χ3v) is 4.25. The van der Waals surface area contributed by atoms with Crippen molar-refractivity contribution in [3.05, 3.63) is 30.1 Å². The lowest BCUT2D eigenvalue weighted by molar-refractivity contribution is 0.557. The van der Waals surface area contributed by atoms with Crippen molar-refractivity contribution in [1.29, 1.82) is 0 Å². The minimum absolute atomic E-state index is 0.822. The molecule has 3 nitrogen and oxygen atoms in total. The summed E-state index contributed by atoms with van der Waals surface area (Å²) in [6.45, 7) is 4.35. The molecular formula is C17H23N3. The molecule has 2 N–H and O–H groups in total. The molecule has 1 aliphatic rings. The second-order valence-corrected chi connectivity index (χ2v) is 5.80. The Kier molecular flexibility index (Phi) is 3.77. The molecule has 2 heterocycles. The van der Waals surface area contributed by atoms with Crippen LogP contribution in [0.5, 0.6) is 0 Å². The predicted molar refractivity (Wildman–Crippen MR) is 86.2 cm³/mol. The van der Waals surface area contributed by atoms with E-state index in [4.69, 9.17) is 5.73 Å². The lowest BCUT2D eigenvalue weighted by atomic mass is 10.0. The Morgan fingerprint density at radius 1 is 1.00 bits per heavy atom. The summed E-state index contributed by atoms with van der Waals surface area (Å²) in [5.74, 6) is 0. The van der Waals surface area contributed by atoms with E-state index >= 15 is 0 Å². The van der Waals surface area contributed by atoms with Gasteiger partial charge < -0.3 is 10.6 Å². The molecule has 0 radical (unpaired) electrons. The largest absolute Gasteiger partial charge is 0.398 e. The van der Waals surface area contributed by atoms with Gasteiger partial charge in [0.2, 0.25) is 0 Å². The molecule has 1 aliphatic heterocycles. The second kappa shape index (κ2) is 5.70. The molecule has 0 amide bonds. The summed E-state index contributed by atoms with van der Waals surface area (Å²) in [6, 6.07) is 6.37. The average Bonchev–Trinajstić information content (AvgIpc) is 2.40. The lowest BCUT2D eigenvalue weighted by Gasteiger charge is -2.28. The normalized spacial score (nSPS) is 16.9. The third kappa shape index (κ3) is 2.58. The highest BCUT2D eigenvalue weighted by Crippen LogP contribution is 2.32. The Hall–Kier alpha value is -1.77. The van der Waals surface area contributed by atoms with Crippen LogP contribution in [-0.4, -0.2) is 18.1 Å². The highest BCUT2D eigenvalue weighted by molar-refractivity contribution is 6.01. The van der Waals surface area contributed by atoms with Crippen LogP contribution in [-0.2, 0) is 0 Å². The molecule has 1 saturated heterocycles. The number of aromatic nitrogens is 1. The molecular weight excluding hydrogens is 246 g/mol. The first-order valence-corrected chi connectivity index (χ1v) is 7.65. The summed E-state index contributed by atoms with van der Waals surface area (Å²) >= 11 is 0. The first-order valence-electron chi connectivity index (χ1n) is 7.65. The maximum Gasteiger partial charge on any atom is 0.0448 e. The summed E-state index contributed by atoms with van der Waals surface area (Å²) in [4.78, 5) is 6.92. The fraction of sp³-hybridized carbons (Fsp3) is 0.471. The molecule has 3 heteroatoms. The van der Waals surface area contributed by atoms with Crippen LogP contribution in [0, 0.1) is 6.92 Å². The highest BCUT2D eigenvalue weighted by atomic mass is 15.1. The highest BCUT2D eigenvalue weighted by Gasteiger charge is 2.13. The van der Waals surface area contributed by atoms with Gasteiger partial charge in [-0.1, -0.05) is 19.3 Å². The zero-order valence-electron chi connectivity index (χ0n) is 12.2. The Balaban J connectivity index is 2.05. The lowest BCUT2D eigenvalue weighted by Crippen LogP contribution is -2.27. The molecule has 0 atom stereocenters. The Bertz CT molecular complexity index is 598. The number of nitrogens with two attached hydrogens (primary N) is 1. The van der Waals surface area contributed by atoms with E-state index in [9.17, 15) is 0 Å². The van der Waals surface area contributed by atoms with E-state index in [1.807, 2.05) is 19.2 Å². The minimum atomic E-state index is 0.822. The number of pyridine rings is 1. The number of benzene rings is 1. The van der Waals surface area contributed by atoms with Gasteiger partial charge in [-0.25, -0.2) is 0 Å². The number of rotatable bonds is 1. The molecule has 0 saturated carbocycles. The van der Waals surface area contributed by atoms with Gasteiger partial charge in [-0.15, -0.1) is 0 Å². The second-order valence-electron chi connectivity index (χ2n) is 5.80. The number of nitrogens with zero attached hydrogens (tertiary/aromatic N) is 2. The van der Waals surface area contributed by atoms with Crippen LogP contribution in [0.2, 0.25) is 0 Å². The van der Waals surface area contributed by atoms with Crippen LogP contribution in [0.1, 0.15) is 37.8 Å². The number of hydrogen-bond donors (Lipinski definition) is 1. The molecule has 20 heavy (non-hydrogen) atoms. The molecule has 3 rings (SSSR count). The van der Waals surface area contributed by atoms with Gasteiger partial charge in [0.15, 0.2) is 0 Å². The fourth-order valence-corrected chi connectivity index (χ4v) is 3.11. The van der Waals surface area contributed by atoms with E-state index < -0.39 is 0 Å². The van der Waals surface area contributed by atoms with E-state index in [1.54, 1.807) is 0 Å². The number of fused-ring (bicyclic) bond motifs is 1. The third-order valence-electron chi connectivity index (χ3n) is 4.25. The van der Waals surface area contributed by atoms with Gasteiger partial charge in [-0.05, 0) is 38.0 Å². The van der Waals surface area contributed by atoms with Crippen LogP contribution < -0.4 is 10.6 Å². The fourth-order valence-electron chi connectivity index (χ4n) is 3.11. The van der Waals surface area contributed by atoms with E-state index in [2.05, 4.69) is 22.0 Å². The van der Waals surface area contributed by atoms with E-state index in [1.165, 1.54) is 43.2 Å². The van der Waals surface area contributed by atoms with Crippen LogP contribution in [0.25, 0.3) is 10.8 Å². The van der Waals surface area contributed by atoms with E-state index in [0.717, 1.165) is 29.9 Å². The van der Waals surface area contributed by atoms with Gasteiger partial charge in [0.1, 0.15) is 0 Å². The molecule has 0 spiro atoms. The van der Waals surface area contributed by atoms with Crippen LogP contribution >= 0.6 is 0 Å². The number of hydrogen-bond acceptors (Lipinski definition) is 3. The maximum absolute atomic E-state index is 6.10. The standard InChI is InChI=1S/C17H23N3/c1-13-11-14-15(12-19-13)16(18)7-8-17(14)20-9-5-3-2-4-6-10-20/h7-8,11-12H,2-6,9-10,18H2,1H3. The monoisotopic (exact) mass is 269 g/mol. The number of nitrogen functional groups attached to an aromatic ring is 1. The Morgan fingerprint density at radius 3 is 2.45 bits per heavy atom. The molecule has 1 aromatic heterocycles. The van der Waals surface area contributed by atoms with Crippen LogP contribution in [0.3, 0.4) is 0 Å². The van der Waals surface area contributed by atoms with Gasteiger partial charge in [-0.3, -0.25) is 4.98 Å². The maximum atomic E-state index is 6.10. The Morgan fingerprint density at radius 2 is 1.70 bits per heavy atom.